The molecule has 0 saturated carbocycles. The van der Waals surface area contributed by atoms with E-state index in [0.29, 0.717) is 14.3 Å². The molecule has 0 amide bonds. The van der Waals surface area contributed by atoms with E-state index in [0.717, 1.165) is 17.4 Å². The van der Waals surface area contributed by atoms with Gasteiger partial charge in [-0.2, -0.15) is 0 Å². The molecule has 1 N–H and O–H groups in total. The van der Waals surface area contributed by atoms with Crippen molar-refractivity contribution in [1.82, 2.24) is 4.90 Å². The molecule has 122 valence electrons. The molecular weight excluding hydrogens is 313 g/mol. The minimum absolute atomic E-state index is 0.368. The first-order chi connectivity index (χ1) is 11.6. The largest absolute Gasteiger partial charge is 0.507 e. The second-order valence-electron chi connectivity index (χ2n) is 6.12. The van der Waals surface area contributed by atoms with E-state index >= 15 is 0 Å². The Labute approximate surface area is 145 Å². The molecular formula is C21H22NOP. The van der Waals surface area contributed by atoms with Crippen LogP contribution in [0.25, 0.3) is 11.1 Å². The van der Waals surface area contributed by atoms with Crippen LogP contribution in [-0.4, -0.2) is 24.1 Å². The van der Waals surface area contributed by atoms with Gasteiger partial charge in [-0.1, -0.05) is 69.2 Å². The van der Waals surface area contributed by atoms with Gasteiger partial charge in [0.1, 0.15) is 5.75 Å². The van der Waals surface area contributed by atoms with Crippen molar-refractivity contribution in [2.24, 2.45) is 0 Å². The molecule has 0 aliphatic carbocycles. The molecule has 3 aromatic rings. The van der Waals surface area contributed by atoms with Crippen molar-refractivity contribution in [2.45, 2.75) is 6.54 Å². The number of hydrogen-bond acceptors (Lipinski definition) is 2. The second kappa shape index (κ2) is 7.61. The Morgan fingerprint density at radius 2 is 1.50 bits per heavy atom. The van der Waals surface area contributed by atoms with E-state index in [1.807, 2.05) is 24.3 Å². The number of phenolic OH excluding ortho intramolecular Hbond substituents is 1. The summed E-state index contributed by atoms with van der Waals surface area (Å²) in [4.78, 5) is 2.17. The maximum Gasteiger partial charge on any atom is 0.123 e. The van der Waals surface area contributed by atoms with Crippen LogP contribution in [0.2, 0.25) is 0 Å². The van der Waals surface area contributed by atoms with Crippen LogP contribution >= 0.6 is 8.58 Å². The average molecular weight is 335 g/mol. The summed E-state index contributed by atoms with van der Waals surface area (Å²) < 4.78 is 0. The van der Waals surface area contributed by atoms with Gasteiger partial charge < -0.3 is 10.0 Å². The molecule has 0 aromatic heterocycles. The first-order valence-corrected chi connectivity index (χ1v) is 9.01. The number of hydrogen-bond donors (Lipinski definition) is 1. The normalized spacial score (nSPS) is 11.5. The van der Waals surface area contributed by atoms with Gasteiger partial charge in [-0.05, 0) is 48.2 Å². The predicted molar refractivity (Wildman–Crippen MR) is 105 cm³/mol. The summed E-state index contributed by atoms with van der Waals surface area (Å²) in [6.45, 7) is 0.905. The Hall–Kier alpha value is -2.15. The fraction of sp³-hybridized carbons (Fsp3) is 0.143. The molecule has 3 rings (SSSR count). The van der Waals surface area contributed by atoms with Crippen molar-refractivity contribution in [3.05, 3.63) is 78.4 Å². The van der Waals surface area contributed by atoms with Crippen LogP contribution in [0.1, 0.15) is 5.56 Å². The third-order valence-electron chi connectivity index (χ3n) is 3.88. The van der Waals surface area contributed by atoms with Crippen molar-refractivity contribution in [3.8, 4) is 16.9 Å². The first-order valence-electron chi connectivity index (χ1n) is 8.01. The maximum atomic E-state index is 10.3. The molecule has 1 atom stereocenters. The molecule has 3 aromatic carbocycles. The Bertz CT molecular complexity index is 815. The van der Waals surface area contributed by atoms with Crippen molar-refractivity contribution in [2.75, 3.05) is 14.1 Å². The van der Waals surface area contributed by atoms with Gasteiger partial charge in [0.2, 0.25) is 0 Å². The van der Waals surface area contributed by atoms with E-state index in [-0.39, 0.29) is 0 Å². The molecule has 0 aliphatic rings. The van der Waals surface area contributed by atoms with Crippen molar-refractivity contribution in [1.29, 1.82) is 0 Å². The molecule has 2 nitrogen and oxygen atoms in total. The molecule has 1 unspecified atom stereocenters. The third kappa shape index (κ3) is 4.03. The average Bonchev–Trinajstić information content (AvgIpc) is 2.59. The highest BCUT2D eigenvalue weighted by atomic mass is 31.1. The summed E-state index contributed by atoms with van der Waals surface area (Å²) in [5.41, 5.74) is 3.62. The zero-order valence-corrected chi connectivity index (χ0v) is 15.0. The molecule has 0 radical (unpaired) electrons. The molecule has 0 aliphatic heterocycles. The minimum Gasteiger partial charge on any atom is -0.507 e. The van der Waals surface area contributed by atoms with Crippen LogP contribution in [0.5, 0.6) is 5.75 Å². The lowest BCUT2D eigenvalue weighted by Crippen LogP contribution is -2.17. The number of aromatic hydroxyl groups is 1. The Balaban J connectivity index is 1.93. The van der Waals surface area contributed by atoms with Crippen LogP contribution < -0.4 is 10.6 Å². The van der Waals surface area contributed by atoms with E-state index in [1.54, 1.807) is 6.07 Å². The molecule has 0 fully saturated rings. The van der Waals surface area contributed by atoms with Gasteiger partial charge in [-0.3, -0.25) is 0 Å². The standard InChI is InChI=1S/C21H22NOP/c1-22(2)15-18-10-6-7-11-20(18)24-21-14-17(12-13-19(21)23)16-8-4-3-5-9-16/h3-14,23-24H,15H2,1-2H3. The number of nitrogens with zero attached hydrogens (tertiary/aromatic N) is 1. The fourth-order valence-corrected chi connectivity index (χ4v) is 3.94. The highest BCUT2D eigenvalue weighted by molar-refractivity contribution is 7.55. The smallest absolute Gasteiger partial charge is 0.123 e. The van der Waals surface area contributed by atoms with E-state index in [2.05, 4.69) is 61.5 Å². The number of benzene rings is 3. The lowest BCUT2D eigenvalue weighted by atomic mass is 10.1. The van der Waals surface area contributed by atoms with Gasteiger partial charge in [-0.25, -0.2) is 0 Å². The van der Waals surface area contributed by atoms with Gasteiger partial charge in [0.05, 0.1) is 0 Å². The molecule has 0 saturated heterocycles. The summed E-state index contributed by atoms with van der Waals surface area (Å²) >= 11 is 0. The van der Waals surface area contributed by atoms with Gasteiger partial charge in [0, 0.05) is 11.8 Å². The molecule has 24 heavy (non-hydrogen) atoms. The van der Waals surface area contributed by atoms with E-state index in [9.17, 15) is 5.11 Å². The van der Waals surface area contributed by atoms with Crippen molar-refractivity contribution < 1.29 is 5.11 Å². The monoisotopic (exact) mass is 335 g/mol. The summed E-state index contributed by atoms with van der Waals surface area (Å²) in [6, 6.07) is 24.6. The summed E-state index contributed by atoms with van der Waals surface area (Å²) in [7, 11) is 4.59. The first kappa shape index (κ1) is 16.7. The summed E-state index contributed by atoms with van der Waals surface area (Å²) in [6.07, 6.45) is 0. The van der Waals surface area contributed by atoms with E-state index in [1.165, 1.54) is 16.4 Å². The van der Waals surface area contributed by atoms with Crippen LogP contribution in [0.15, 0.2) is 72.8 Å². The summed E-state index contributed by atoms with van der Waals surface area (Å²) in [5.74, 6) is 0.368. The lowest BCUT2D eigenvalue weighted by molar-refractivity contribution is 0.403. The van der Waals surface area contributed by atoms with Gasteiger partial charge in [0.15, 0.2) is 0 Å². The molecule has 0 spiro atoms. The SMILES string of the molecule is CN(C)Cc1ccccc1Pc1cc(-c2ccccc2)ccc1O. The Kier molecular flexibility index (Phi) is 5.30. The van der Waals surface area contributed by atoms with Crippen LogP contribution in [-0.2, 0) is 6.54 Å². The number of phenols is 1. The third-order valence-corrected chi connectivity index (χ3v) is 5.30. The molecule has 0 heterocycles. The lowest BCUT2D eigenvalue weighted by Gasteiger charge is -2.15. The van der Waals surface area contributed by atoms with Gasteiger partial charge in [-0.15, -0.1) is 0 Å². The van der Waals surface area contributed by atoms with E-state index < -0.39 is 0 Å². The Morgan fingerprint density at radius 1 is 0.792 bits per heavy atom. The maximum absolute atomic E-state index is 10.3. The quantitative estimate of drug-likeness (QED) is 0.718. The van der Waals surface area contributed by atoms with Crippen LogP contribution in [0.4, 0.5) is 0 Å². The second-order valence-corrected chi connectivity index (χ2v) is 7.45. The zero-order valence-electron chi connectivity index (χ0n) is 14.0. The highest BCUT2D eigenvalue weighted by Crippen LogP contribution is 2.26. The van der Waals surface area contributed by atoms with Gasteiger partial charge in [0.25, 0.3) is 0 Å². The van der Waals surface area contributed by atoms with E-state index in [4.69, 9.17) is 0 Å². The van der Waals surface area contributed by atoms with Crippen molar-refractivity contribution >= 4 is 19.2 Å². The van der Waals surface area contributed by atoms with Crippen molar-refractivity contribution in [3.63, 3.8) is 0 Å². The topological polar surface area (TPSA) is 23.5 Å². The zero-order chi connectivity index (χ0) is 16.9. The minimum atomic E-state index is 0.368. The fourth-order valence-electron chi connectivity index (χ4n) is 2.71. The van der Waals surface area contributed by atoms with Crippen LogP contribution in [0.3, 0.4) is 0 Å². The molecule has 0 bridgehead atoms. The van der Waals surface area contributed by atoms with Crippen LogP contribution in [0, 0.1) is 0 Å². The molecule has 3 heteroatoms. The number of rotatable bonds is 5. The Morgan fingerprint density at radius 3 is 2.25 bits per heavy atom. The highest BCUT2D eigenvalue weighted by Gasteiger charge is 2.09. The predicted octanol–water partition coefficient (Wildman–Crippen LogP) is 3.75. The summed E-state index contributed by atoms with van der Waals surface area (Å²) in [5, 5.41) is 12.6. The van der Waals surface area contributed by atoms with Gasteiger partial charge >= 0.3 is 0 Å².